The molecular formula is C31H29N3O7S. The van der Waals surface area contributed by atoms with E-state index < -0.39 is 10.0 Å². The average Bonchev–Trinajstić information content (AvgIpc) is 2.98. The largest absolute Gasteiger partial charge is 0.493 e. The van der Waals surface area contributed by atoms with Crippen molar-refractivity contribution in [3.05, 3.63) is 88.5 Å². The number of hydrogen-bond donors (Lipinski definition) is 1. The van der Waals surface area contributed by atoms with E-state index in [0.29, 0.717) is 39.6 Å². The van der Waals surface area contributed by atoms with Crippen molar-refractivity contribution in [3.8, 4) is 23.3 Å². The predicted molar refractivity (Wildman–Crippen MR) is 158 cm³/mol. The van der Waals surface area contributed by atoms with E-state index in [0.717, 1.165) is 0 Å². The Balaban J connectivity index is 1.80. The summed E-state index contributed by atoms with van der Waals surface area (Å²) in [6, 6.07) is 17.8. The summed E-state index contributed by atoms with van der Waals surface area (Å²) >= 11 is 0. The number of nitrogens with zero attached hydrogens (tertiary/aromatic N) is 2. The van der Waals surface area contributed by atoms with Gasteiger partial charge in [-0.05, 0) is 71.8 Å². The summed E-state index contributed by atoms with van der Waals surface area (Å²) in [6.07, 6.45) is 3.22. The number of anilines is 1. The number of amides is 1. The Morgan fingerprint density at radius 3 is 1.90 bits per heavy atom. The minimum absolute atomic E-state index is 0.0100. The number of Topliss-reactive ketones (excluding diaryl/α,β-unsaturated/α-hetero) is 1. The standard InChI is InChI=1S/C31H29N3O7S/c1-20(35)33-26-9-11-27(12-10-26)42(37,38)34-18-24(13-21-5-7-22(17-32)8-6-21)30(36)25(19-34)14-23-15-28(39-2)31(41-4)29(16-23)40-3/h5-16H,18-19H2,1-4H3,(H,33,35). The topological polar surface area (TPSA) is 135 Å². The maximum absolute atomic E-state index is 13.8. The van der Waals surface area contributed by atoms with E-state index >= 15 is 0 Å². The van der Waals surface area contributed by atoms with Crippen LogP contribution in [0, 0.1) is 11.3 Å². The molecule has 1 N–H and O–H groups in total. The number of rotatable bonds is 8. The van der Waals surface area contributed by atoms with Crippen LogP contribution in [0.5, 0.6) is 17.2 Å². The molecule has 0 aromatic heterocycles. The van der Waals surface area contributed by atoms with Gasteiger partial charge in [-0.1, -0.05) is 12.1 Å². The van der Waals surface area contributed by atoms with Crippen molar-refractivity contribution in [1.82, 2.24) is 4.31 Å². The van der Waals surface area contributed by atoms with E-state index in [1.54, 1.807) is 48.6 Å². The monoisotopic (exact) mass is 587 g/mol. The van der Waals surface area contributed by atoms with Crippen LogP contribution in [-0.4, -0.2) is 58.8 Å². The van der Waals surface area contributed by atoms with Crippen molar-refractivity contribution in [2.24, 2.45) is 0 Å². The Morgan fingerprint density at radius 1 is 0.881 bits per heavy atom. The van der Waals surface area contributed by atoms with Gasteiger partial charge in [-0.15, -0.1) is 0 Å². The van der Waals surface area contributed by atoms with Crippen LogP contribution in [0.15, 0.2) is 76.7 Å². The lowest BCUT2D eigenvalue weighted by atomic mass is 9.95. The van der Waals surface area contributed by atoms with Crippen LogP contribution in [0.1, 0.15) is 23.6 Å². The molecule has 1 saturated heterocycles. The second-order valence-electron chi connectivity index (χ2n) is 9.34. The molecule has 0 unspecified atom stereocenters. The highest BCUT2D eigenvalue weighted by atomic mass is 32.2. The van der Waals surface area contributed by atoms with Gasteiger partial charge in [0.2, 0.25) is 21.7 Å². The van der Waals surface area contributed by atoms with E-state index in [1.807, 2.05) is 0 Å². The molecule has 4 rings (SSSR count). The molecule has 0 spiro atoms. The fraction of sp³-hybridized carbons (Fsp3) is 0.194. The molecule has 1 heterocycles. The molecule has 10 nitrogen and oxygen atoms in total. The first kappa shape index (κ1) is 30.0. The maximum Gasteiger partial charge on any atom is 0.243 e. The first-order valence-electron chi connectivity index (χ1n) is 12.7. The number of sulfonamides is 1. The summed E-state index contributed by atoms with van der Waals surface area (Å²) in [5, 5.41) is 11.7. The number of hydrogen-bond acceptors (Lipinski definition) is 8. The zero-order valence-electron chi connectivity index (χ0n) is 23.5. The van der Waals surface area contributed by atoms with Gasteiger partial charge >= 0.3 is 0 Å². The number of carbonyl (C=O) groups excluding carboxylic acids is 2. The van der Waals surface area contributed by atoms with Crippen LogP contribution in [0.2, 0.25) is 0 Å². The number of carbonyl (C=O) groups is 2. The van der Waals surface area contributed by atoms with Crippen LogP contribution in [0.25, 0.3) is 12.2 Å². The number of nitrogens with one attached hydrogen (secondary N) is 1. The zero-order chi connectivity index (χ0) is 30.4. The van der Waals surface area contributed by atoms with E-state index in [2.05, 4.69) is 11.4 Å². The van der Waals surface area contributed by atoms with Gasteiger partial charge < -0.3 is 19.5 Å². The Hall–Kier alpha value is -4.92. The molecule has 1 aliphatic rings. The number of methoxy groups -OCH3 is 3. The Kier molecular flexibility index (Phi) is 9.10. The van der Waals surface area contributed by atoms with Gasteiger partial charge in [-0.2, -0.15) is 9.57 Å². The van der Waals surface area contributed by atoms with Crippen LogP contribution in [0.4, 0.5) is 5.69 Å². The van der Waals surface area contributed by atoms with Gasteiger partial charge in [0.1, 0.15) is 0 Å². The third-order valence-corrected chi connectivity index (χ3v) is 8.30. The Labute approximate surface area is 244 Å². The summed E-state index contributed by atoms with van der Waals surface area (Å²) in [5.74, 6) is 0.540. The number of ether oxygens (including phenoxy) is 3. The number of benzene rings is 3. The lowest BCUT2D eigenvalue weighted by Gasteiger charge is -2.29. The van der Waals surface area contributed by atoms with E-state index in [-0.39, 0.29) is 40.8 Å². The second kappa shape index (κ2) is 12.7. The molecule has 1 aliphatic heterocycles. The van der Waals surface area contributed by atoms with Crippen molar-refractivity contribution in [3.63, 3.8) is 0 Å². The summed E-state index contributed by atoms with van der Waals surface area (Å²) in [4.78, 5) is 25.1. The molecule has 0 aliphatic carbocycles. The summed E-state index contributed by atoms with van der Waals surface area (Å²) in [6.45, 7) is 1.01. The number of ketones is 1. The summed E-state index contributed by atoms with van der Waals surface area (Å²) in [5.41, 5.74) is 2.59. The van der Waals surface area contributed by atoms with Crippen molar-refractivity contribution >= 4 is 39.6 Å². The SMILES string of the molecule is COc1cc(C=C2CN(S(=O)(=O)c3ccc(NC(C)=O)cc3)CC(=Cc3ccc(C#N)cc3)C2=O)cc(OC)c1OC. The Bertz CT molecular complexity index is 1690. The summed E-state index contributed by atoms with van der Waals surface area (Å²) < 4.78 is 45.0. The van der Waals surface area contributed by atoms with E-state index in [9.17, 15) is 18.0 Å². The van der Waals surface area contributed by atoms with Gasteiger partial charge in [0, 0.05) is 36.8 Å². The first-order chi connectivity index (χ1) is 20.1. The molecule has 0 saturated carbocycles. The molecule has 216 valence electrons. The van der Waals surface area contributed by atoms with Crippen molar-refractivity contribution in [1.29, 1.82) is 5.26 Å². The molecule has 11 heteroatoms. The quantitative estimate of drug-likeness (QED) is 0.386. The van der Waals surface area contributed by atoms with E-state index in [4.69, 9.17) is 19.5 Å². The summed E-state index contributed by atoms with van der Waals surface area (Å²) in [7, 11) is 0.379. The number of piperidine rings is 1. The molecule has 3 aromatic carbocycles. The predicted octanol–water partition coefficient (Wildman–Crippen LogP) is 4.28. The molecule has 0 radical (unpaired) electrons. The Morgan fingerprint density at radius 2 is 1.43 bits per heavy atom. The third-order valence-electron chi connectivity index (χ3n) is 6.50. The van der Waals surface area contributed by atoms with Crippen LogP contribution < -0.4 is 19.5 Å². The zero-order valence-corrected chi connectivity index (χ0v) is 24.3. The molecule has 1 amide bonds. The minimum Gasteiger partial charge on any atom is -0.493 e. The fourth-order valence-electron chi connectivity index (χ4n) is 4.48. The highest BCUT2D eigenvalue weighted by Crippen LogP contribution is 2.39. The minimum atomic E-state index is -4.05. The van der Waals surface area contributed by atoms with Gasteiger partial charge in [-0.25, -0.2) is 8.42 Å². The molecular weight excluding hydrogens is 558 g/mol. The lowest BCUT2D eigenvalue weighted by Crippen LogP contribution is -2.41. The second-order valence-corrected chi connectivity index (χ2v) is 11.3. The van der Waals surface area contributed by atoms with Crippen molar-refractivity contribution in [2.75, 3.05) is 39.7 Å². The molecule has 0 atom stereocenters. The van der Waals surface area contributed by atoms with Crippen LogP contribution in [-0.2, 0) is 19.6 Å². The van der Waals surface area contributed by atoms with Gasteiger partial charge in [0.15, 0.2) is 17.3 Å². The van der Waals surface area contributed by atoms with Crippen LogP contribution >= 0.6 is 0 Å². The van der Waals surface area contributed by atoms with Crippen LogP contribution in [0.3, 0.4) is 0 Å². The third kappa shape index (κ3) is 6.52. The lowest BCUT2D eigenvalue weighted by molar-refractivity contribution is -0.114. The molecule has 1 fully saturated rings. The van der Waals surface area contributed by atoms with Gasteiger partial charge in [0.25, 0.3) is 0 Å². The van der Waals surface area contributed by atoms with Gasteiger partial charge in [-0.3, -0.25) is 9.59 Å². The highest BCUT2D eigenvalue weighted by molar-refractivity contribution is 7.89. The van der Waals surface area contributed by atoms with E-state index in [1.165, 1.54) is 56.8 Å². The fourth-order valence-corrected chi connectivity index (χ4v) is 5.88. The maximum atomic E-state index is 13.8. The average molecular weight is 588 g/mol. The van der Waals surface area contributed by atoms with Gasteiger partial charge in [0.05, 0.1) is 37.9 Å². The first-order valence-corrected chi connectivity index (χ1v) is 14.2. The molecule has 3 aromatic rings. The van der Waals surface area contributed by atoms with Crippen molar-refractivity contribution < 1.29 is 32.2 Å². The smallest absolute Gasteiger partial charge is 0.243 e. The molecule has 42 heavy (non-hydrogen) atoms. The van der Waals surface area contributed by atoms with Crippen molar-refractivity contribution in [2.45, 2.75) is 11.8 Å². The normalized spacial score (nSPS) is 15.7. The highest BCUT2D eigenvalue weighted by Gasteiger charge is 2.34. The molecule has 0 bridgehead atoms. The number of nitriles is 1.